The number of benzene rings is 2. The second kappa shape index (κ2) is 7.35. The fourth-order valence-electron chi connectivity index (χ4n) is 3.28. The molecule has 2 aromatic rings. The average Bonchev–Trinajstić information content (AvgIpc) is 2.61. The summed E-state index contributed by atoms with van der Waals surface area (Å²) in [6, 6.07) is 12.7. The Morgan fingerprint density at radius 3 is 2.67 bits per heavy atom. The van der Waals surface area contributed by atoms with Crippen LogP contribution < -0.4 is 10.3 Å². The number of hydrazone groups is 1. The molecule has 0 saturated heterocycles. The minimum Gasteiger partial charge on any atom is -0.365 e. The van der Waals surface area contributed by atoms with Crippen LogP contribution in [0.15, 0.2) is 53.6 Å². The maximum Gasteiger partial charge on any atom is 0.244 e. The summed E-state index contributed by atoms with van der Waals surface area (Å²) in [6.45, 7) is 6.21. The zero-order valence-corrected chi connectivity index (χ0v) is 16.1. The summed E-state index contributed by atoms with van der Waals surface area (Å²) in [5.41, 5.74) is 6.44. The molecule has 0 aromatic heterocycles. The van der Waals surface area contributed by atoms with Crippen molar-refractivity contribution in [3.63, 3.8) is 0 Å². The Balaban J connectivity index is 1.76. The van der Waals surface area contributed by atoms with Crippen molar-refractivity contribution in [1.29, 1.82) is 0 Å². The number of hydrogen-bond donors (Lipinski definition) is 1. The zero-order chi connectivity index (χ0) is 19.6. The second-order valence-electron chi connectivity index (χ2n) is 7.39. The third kappa shape index (κ3) is 4.08. The first-order valence-electron chi connectivity index (χ1n) is 8.91. The van der Waals surface area contributed by atoms with Crippen LogP contribution in [0.25, 0.3) is 5.57 Å². The number of nitrogens with zero attached hydrogens (tertiary/aromatic N) is 2. The Bertz CT molecular complexity index is 917. The Labute approximate surface area is 159 Å². The largest absolute Gasteiger partial charge is 0.365 e. The first-order valence-corrected chi connectivity index (χ1v) is 8.91. The van der Waals surface area contributed by atoms with Crippen molar-refractivity contribution in [3.05, 3.63) is 71.0 Å². The topological polar surface area (TPSA) is 44.7 Å². The number of allylic oxidation sites excluding steroid dienone is 1. The van der Waals surface area contributed by atoms with Crippen molar-refractivity contribution in [2.45, 2.75) is 32.7 Å². The molecule has 0 unspecified atom stereocenters. The normalized spacial score (nSPS) is 15.4. The van der Waals surface area contributed by atoms with E-state index in [0.717, 1.165) is 22.4 Å². The van der Waals surface area contributed by atoms with Gasteiger partial charge < -0.3 is 4.90 Å². The van der Waals surface area contributed by atoms with E-state index in [1.807, 2.05) is 44.3 Å². The van der Waals surface area contributed by atoms with Crippen LogP contribution in [0.2, 0.25) is 0 Å². The van der Waals surface area contributed by atoms with E-state index in [-0.39, 0.29) is 23.7 Å². The molecule has 1 N–H and O–H groups in total. The lowest BCUT2D eigenvalue weighted by atomic mass is 9.88. The highest BCUT2D eigenvalue weighted by Gasteiger charge is 2.29. The van der Waals surface area contributed by atoms with Crippen LogP contribution in [0.5, 0.6) is 0 Å². The number of anilines is 1. The average molecular weight is 365 g/mol. The highest BCUT2D eigenvalue weighted by atomic mass is 19.1. The van der Waals surface area contributed by atoms with Crippen LogP contribution in [0.3, 0.4) is 0 Å². The summed E-state index contributed by atoms with van der Waals surface area (Å²) in [7, 11) is 1.96. The van der Waals surface area contributed by atoms with E-state index in [4.69, 9.17) is 0 Å². The molecule has 4 nitrogen and oxygen atoms in total. The molecule has 1 aliphatic heterocycles. The monoisotopic (exact) mass is 365 g/mol. The zero-order valence-electron chi connectivity index (χ0n) is 16.1. The molecule has 1 amide bonds. The van der Waals surface area contributed by atoms with Gasteiger partial charge >= 0.3 is 0 Å². The summed E-state index contributed by atoms with van der Waals surface area (Å²) >= 11 is 0. The molecule has 1 heterocycles. The molecule has 3 rings (SSSR count). The van der Waals surface area contributed by atoms with E-state index < -0.39 is 0 Å². The number of rotatable bonds is 4. The van der Waals surface area contributed by atoms with Gasteiger partial charge in [-0.25, -0.2) is 9.82 Å². The van der Waals surface area contributed by atoms with Crippen molar-refractivity contribution >= 4 is 23.4 Å². The number of likely N-dealkylation sites (N-methyl/N-ethyl adjacent to an activating group) is 1. The molecule has 140 valence electrons. The summed E-state index contributed by atoms with van der Waals surface area (Å²) in [4.78, 5) is 14.0. The SMILES string of the molecule is CC1=CC(C)(C)N(C)c2cc(F)c(/C=N\NC(=O)Cc3ccccc3)cc21. The molecule has 5 heteroatoms. The van der Waals surface area contributed by atoms with E-state index in [9.17, 15) is 9.18 Å². The molecular formula is C22H24FN3O. The fourth-order valence-corrected chi connectivity index (χ4v) is 3.28. The second-order valence-corrected chi connectivity index (χ2v) is 7.39. The lowest BCUT2D eigenvalue weighted by molar-refractivity contribution is -0.120. The van der Waals surface area contributed by atoms with Crippen molar-refractivity contribution in [2.75, 3.05) is 11.9 Å². The highest BCUT2D eigenvalue weighted by Crippen LogP contribution is 2.38. The van der Waals surface area contributed by atoms with Gasteiger partial charge in [0.15, 0.2) is 0 Å². The van der Waals surface area contributed by atoms with Crippen LogP contribution in [0, 0.1) is 5.82 Å². The molecule has 1 aliphatic rings. The minimum atomic E-state index is -0.368. The van der Waals surface area contributed by atoms with Gasteiger partial charge in [-0.15, -0.1) is 0 Å². The van der Waals surface area contributed by atoms with Crippen LogP contribution in [0.1, 0.15) is 37.5 Å². The molecule has 0 atom stereocenters. The number of amides is 1. The van der Waals surface area contributed by atoms with E-state index in [1.54, 1.807) is 6.07 Å². The van der Waals surface area contributed by atoms with Crippen molar-refractivity contribution in [3.8, 4) is 0 Å². The summed E-state index contributed by atoms with van der Waals surface area (Å²) in [6.07, 6.45) is 3.74. The maximum absolute atomic E-state index is 14.6. The number of carbonyl (C=O) groups excluding carboxylic acids is 1. The van der Waals surface area contributed by atoms with Gasteiger partial charge in [0.05, 0.1) is 18.2 Å². The van der Waals surface area contributed by atoms with Gasteiger partial charge in [-0.05, 0) is 44.0 Å². The number of nitrogens with one attached hydrogen (secondary N) is 1. The summed E-state index contributed by atoms with van der Waals surface area (Å²) < 4.78 is 14.6. The predicted octanol–water partition coefficient (Wildman–Crippen LogP) is 4.15. The fraction of sp³-hybridized carbons (Fsp3) is 0.273. The highest BCUT2D eigenvalue weighted by molar-refractivity contribution is 5.89. The smallest absolute Gasteiger partial charge is 0.244 e. The van der Waals surface area contributed by atoms with Gasteiger partial charge in [0, 0.05) is 23.9 Å². The standard InChI is InChI=1S/C22H24FN3O/c1-15-13-22(2,3)26(4)20-12-19(23)17(11-18(15)20)14-24-25-21(27)10-16-8-6-5-7-9-16/h5-9,11-14H,10H2,1-4H3,(H,25,27)/b24-14-. The Morgan fingerprint density at radius 2 is 1.96 bits per heavy atom. The van der Waals surface area contributed by atoms with E-state index in [1.165, 1.54) is 12.3 Å². The number of hydrogen-bond acceptors (Lipinski definition) is 3. The van der Waals surface area contributed by atoms with Gasteiger partial charge in [0.1, 0.15) is 5.82 Å². The van der Waals surface area contributed by atoms with Gasteiger partial charge in [0.2, 0.25) is 5.91 Å². The molecule has 27 heavy (non-hydrogen) atoms. The number of halogens is 1. The molecule has 0 bridgehead atoms. The molecular weight excluding hydrogens is 341 g/mol. The molecule has 0 fully saturated rings. The molecule has 0 saturated carbocycles. The maximum atomic E-state index is 14.6. The van der Waals surface area contributed by atoms with Gasteiger partial charge in [0.25, 0.3) is 0 Å². The lowest BCUT2D eigenvalue weighted by Gasteiger charge is -2.40. The Morgan fingerprint density at radius 1 is 1.26 bits per heavy atom. The summed E-state index contributed by atoms with van der Waals surface area (Å²) in [5, 5.41) is 3.92. The molecule has 2 aromatic carbocycles. The van der Waals surface area contributed by atoms with Crippen molar-refractivity contribution in [1.82, 2.24) is 5.43 Å². The molecule has 0 spiro atoms. The van der Waals surface area contributed by atoms with E-state index >= 15 is 0 Å². The first kappa shape index (κ1) is 18.8. The van der Waals surface area contributed by atoms with E-state index in [2.05, 4.69) is 35.4 Å². The molecule has 0 aliphatic carbocycles. The summed E-state index contributed by atoms with van der Waals surface area (Å²) in [5.74, 6) is -0.611. The third-order valence-electron chi connectivity index (χ3n) is 4.94. The van der Waals surface area contributed by atoms with Crippen molar-refractivity contribution in [2.24, 2.45) is 5.10 Å². The van der Waals surface area contributed by atoms with Crippen LogP contribution in [-0.4, -0.2) is 24.7 Å². The minimum absolute atomic E-state index is 0.176. The predicted molar refractivity (Wildman–Crippen MR) is 108 cm³/mol. The van der Waals surface area contributed by atoms with Gasteiger partial charge in [-0.3, -0.25) is 4.79 Å². The van der Waals surface area contributed by atoms with Gasteiger partial charge in [-0.1, -0.05) is 36.4 Å². The quantitative estimate of drug-likeness (QED) is 0.653. The molecule has 0 radical (unpaired) electrons. The van der Waals surface area contributed by atoms with Crippen LogP contribution >= 0.6 is 0 Å². The Kier molecular flexibility index (Phi) is 5.13. The third-order valence-corrected chi connectivity index (χ3v) is 4.94. The number of carbonyl (C=O) groups is 1. The lowest BCUT2D eigenvalue weighted by Crippen LogP contribution is -2.42. The van der Waals surface area contributed by atoms with Gasteiger partial charge in [-0.2, -0.15) is 5.10 Å². The number of fused-ring (bicyclic) bond motifs is 1. The van der Waals surface area contributed by atoms with E-state index in [0.29, 0.717) is 5.56 Å². The van der Waals surface area contributed by atoms with Crippen LogP contribution in [0.4, 0.5) is 10.1 Å². The van der Waals surface area contributed by atoms with Crippen LogP contribution in [-0.2, 0) is 11.2 Å². The first-order chi connectivity index (χ1) is 12.8. The van der Waals surface area contributed by atoms with Crippen molar-refractivity contribution < 1.29 is 9.18 Å². The Hall–Kier alpha value is -2.95.